The first kappa shape index (κ1) is 15.1. The summed E-state index contributed by atoms with van der Waals surface area (Å²) in [7, 11) is 2.85. The first-order valence-electron chi connectivity index (χ1n) is 7.29. The van der Waals surface area contributed by atoms with Gasteiger partial charge in [0.25, 0.3) is 5.56 Å². The van der Waals surface area contributed by atoms with E-state index in [9.17, 15) is 9.59 Å². The summed E-state index contributed by atoms with van der Waals surface area (Å²) in [6.07, 6.45) is 0.722. The molecule has 0 aliphatic carbocycles. The Morgan fingerprint density at radius 2 is 1.96 bits per heavy atom. The molecule has 2 heterocycles. The van der Waals surface area contributed by atoms with Crippen molar-refractivity contribution in [1.29, 1.82) is 0 Å². The molecular formula is C17H17NO5. The summed E-state index contributed by atoms with van der Waals surface area (Å²) >= 11 is 0. The van der Waals surface area contributed by atoms with Gasteiger partial charge in [0.2, 0.25) is 5.88 Å². The van der Waals surface area contributed by atoms with Gasteiger partial charge in [-0.05, 0) is 30.2 Å². The third kappa shape index (κ3) is 2.67. The number of ether oxygens (including phenoxy) is 3. The molecule has 120 valence electrons. The topological polar surface area (TPSA) is 66.8 Å². The molecule has 0 saturated carbocycles. The third-order valence-corrected chi connectivity index (χ3v) is 3.81. The molecule has 1 aromatic carbocycles. The fourth-order valence-electron chi connectivity index (χ4n) is 2.63. The highest BCUT2D eigenvalue weighted by molar-refractivity contribution is 5.91. The van der Waals surface area contributed by atoms with E-state index in [2.05, 4.69) is 0 Å². The maximum atomic E-state index is 12.5. The number of aromatic nitrogens is 1. The van der Waals surface area contributed by atoms with E-state index in [1.165, 1.54) is 17.7 Å². The number of rotatable bonds is 3. The minimum Gasteiger partial charge on any atom is -0.497 e. The molecule has 0 spiro atoms. The van der Waals surface area contributed by atoms with Gasteiger partial charge in [0, 0.05) is 12.1 Å². The van der Waals surface area contributed by atoms with E-state index in [0.717, 1.165) is 17.7 Å². The molecule has 0 unspecified atom stereocenters. The molecular weight excluding hydrogens is 298 g/mol. The smallest absolute Gasteiger partial charge is 0.343 e. The highest BCUT2D eigenvalue weighted by atomic mass is 16.5. The Morgan fingerprint density at radius 3 is 2.61 bits per heavy atom. The number of methoxy groups -OCH3 is 2. The zero-order chi connectivity index (χ0) is 16.4. The fourth-order valence-corrected chi connectivity index (χ4v) is 2.63. The van der Waals surface area contributed by atoms with Gasteiger partial charge >= 0.3 is 5.97 Å². The minimum absolute atomic E-state index is 0.00701. The number of pyridine rings is 1. The lowest BCUT2D eigenvalue weighted by Gasteiger charge is -2.23. The summed E-state index contributed by atoms with van der Waals surface area (Å²) in [6, 6.07) is 8.89. The molecule has 23 heavy (non-hydrogen) atoms. The second-order valence-corrected chi connectivity index (χ2v) is 5.16. The highest BCUT2D eigenvalue weighted by Gasteiger charge is 2.23. The molecule has 6 heteroatoms. The molecule has 1 aliphatic rings. The van der Waals surface area contributed by atoms with Crippen LogP contribution in [-0.2, 0) is 11.3 Å². The molecule has 0 amide bonds. The van der Waals surface area contributed by atoms with E-state index in [1.807, 2.05) is 24.3 Å². The summed E-state index contributed by atoms with van der Waals surface area (Å²) in [5.74, 6) is 0.564. The molecule has 0 saturated heterocycles. The van der Waals surface area contributed by atoms with E-state index < -0.39 is 5.97 Å². The minimum atomic E-state index is -0.648. The van der Waals surface area contributed by atoms with E-state index in [1.54, 1.807) is 7.11 Å². The average molecular weight is 315 g/mol. The molecule has 6 nitrogen and oxygen atoms in total. The van der Waals surface area contributed by atoms with Gasteiger partial charge in [0.05, 0.1) is 20.8 Å². The van der Waals surface area contributed by atoms with Crippen LogP contribution in [0.25, 0.3) is 11.1 Å². The summed E-state index contributed by atoms with van der Waals surface area (Å²) in [5, 5.41) is 0. The van der Waals surface area contributed by atoms with E-state index in [-0.39, 0.29) is 11.1 Å². The van der Waals surface area contributed by atoms with Gasteiger partial charge in [-0.3, -0.25) is 9.36 Å². The SMILES string of the molecule is COC(=O)c1cc(-c2ccc(OC)cc2)c2n(c1=O)CCCO2. The van der Waals surface area contributed by atoms with Crippen LogP contribution >= 0.6 is 0 Å². The number of nitrogens with zero attached hydrogens (tertiary/aromatic N) is 1. The summed E-state index contributed by atoms with van der Waals surface area (Å²) in [6.45, 7) is 1.06. The predicted octanol–water partition coefficient (Wildman–Crippen LogP) is 2.09. The normalized spacial score (nSPS) is 13.0. The van der Waals surface area contributed by atoms with Crippen LogP contribution in [0, 0.1) is 0 Å². The van der Waals surface area contributed by atoms with Crippen LogP contribution in [-0.4, -0.2) is 31.4 Å². The van der Waals surface area contributed by atoms with Gasteiger partial charge in [0.1, 0.15) is 11.3 Å². The van der Waals surface area contributed by atoms with Crippen molar-refractivity contribution in [2.75, 3.05) is 20.8 Å². The lowest BCUT2D eigenvalue weighted by atomic mass is 10.0. The third-order valence-electron chi connectivity index (χ3n) is 3.81. The number of hydrogen-bond donors (Lipinski definition) is 0. The fraction of sp³-hybridized carbons (Fsp3) is 0.294. The maximum absolute atomic E-state index is 12.5. The van der Waals surface area contributed by atoms with Crippen LogP contribution in [0.5, 0.6) is 11.6 Å². The van der Waals surface area contributed by atoms with Crippen molar-refractivity contribution in [2.24, 2.45) is 0 Å². The van der Waals surface area contributed by atoms with Crippen LogP contribution in [0.3, 0.4) is 0 Å². The zero-order valence-electron chi connectivity index (χ0n) is 13.0. The Kier molecular flexibility index (Phi) is 4.06. The second kappa shape index (κ2) is 6.16. The molecule has 0 radical (unpaired) electrons. The van der Waals surface area contributed by atoms with Gasteiger partial charge in [-0.2, -0.15) is 0 Å². The van der Waals surface area contributed by atoms with Gasteiger partial charge in [-0.1, -0.05) is 12.1 Å². The Labute approximate surface area is 133 Å². The van der Waals surface area contributed by atoms with Crippen molar-refractivity contribution < 1.29 is 19.0 Å². The van der Waals surface area contributed by atoms with Crippen molar-refractivity contribution in [3.8, 4) is 22.8 Å². The quantitative estimate of drug-likeness (QED) is 0.811. The standard InChI is InChI=1S/C17H17NO5/c1-21-12-6-4-11(5-7-12)13-10-14(17(20)22-2)15(19)18-8-3-9-23-16(13)18/h4-7,10H,3,8-9H2,1-2H3. The number of carbonyl (C=O) groups is 1. The van der Waals surface area contributed by atoms with E-state index in [0.29, 0.717) is 24.6 Å². The predicted molar refractivity (Wildman–Crippen MR) is 84.1 cm³/mol. The maximum Gasteiger partial charge on any atom is 0.343 e. The van der Waals surface area contributed by atoms with Crippen LogP contribution in [0.2, 0.25) is 0 Å². The molecule has 0 bridgehead atoms. The molecule has 0 N–H and O–H groups in total. The Hall–Kier alpha value is -2.76. The first-order chi connectivity index (χ1) is 11.2. The lowest BCUT2D eigenvalue weighted by molar-refractivity contribution is 0.0597. The van der Waals surface area contributed by atoms with Crippen molar-refractivity contribution >= 4 is 5.97 Å². The van der Waals surface area contributed by atoms with Gasteiger partial charge in [-0.25, -0.2) is 4.79 Å². The molecule has 0 fully saturated rings. The Morgan fingerprint density at radius 1 is 1.22 bits per heavy atom. The Bertz CT molecular complexity index is 792. The molecule has 1 aliphatic heterocycles. The van der Waals surface area contributed by atoms with Gasteiger partial charge in [-0.15, -0.1) is 0 Å². The van der Waals surface area contributed by atoms with Crippen LogP contribution in [0.15, 0.2) is 35.1 Å². The number of fused-ring (bicyclic) bond motifs is 1. The number of hydrogen-bond acceptors (Lipinski definition) is 5. The molecule has 2 aromatic rings. The second-order valence-electron chi connectivity index (χ2n) is 5.16. The summed E-state index contributed by atoms with van der Waals surface area (Å²) in [4.78, 5) is 24.4. The van der Waals surface area contributed by atoms with Crippen LogP contribution in [0.4, 0.5) is 0 Å². The van der Waals surface area contributed by atoms with Gasteiger partial charge < -0.3 is 14.2 Å². The molecule has 1 aromatic heterocycles. The lowest BCUT2D eigenvalue weighted by Crippen LogP contribution is -2.32. The number of esters is 1. The number of carbonyl (C=O) groups excluding carboxylic acids is 1. The van der Waals surface area contributed by atoms with E-state index in [4.69, 9.17) is 14.2 Å². The van der Waals surface area contributed by atoms with E-state index >= 15 is 0 Å². The molecule has 3 rings (SSSR count). The Balaban J connectivity index is 2.21. The van der Waals surface area contributed by atoms with Crippen molar-refractivity contribution in [2.45, 2.75) is 13.0 Å². The largest absolute Gasteiger partial charge is 0.497 e. The summed E-state index contributed by atoms with van der Waals surface area (Å²) < 4.78 is 17.1. The first-order valence-corrected chi connectivity index (χ1v) is 7.29. The summed E-state index contributed by atoms with van der Waals surface area (Å²) in [5.41, 5.74) is 1.14. The average Bonchev–Trinajstić information content (AvgIpc) is 2.62. The van der Waals surface area contributed by atoms with Crippen LogP contribution in [0.1, 0.15) is 16.8 Å². The zero-order valence-corrected chi connectivity index (χ0v) is 13.0. The molecule has 0 atom stereocenters. The van der Waals surface area contributed by atoms with Crippen LogP contribution < -0.4 is 15.0 Å². The monoisotopic (exact) mass is 315 g/mol. The van der Waals surface area contributed by atoms with Crippen molar-refractivity contribution in [1.82, 2.24) is 4.57 Å². The van der Waals surface area contributed by atoms with Crippen molar-refractivity contribution in [3.05, 3.63) is 46.2 Å². The van der Waals surface area contributed by atoms with Crippen molar-refractivity contribution in [3.63, 3.8) is 0 Å². The number of benzene rings is 1. The van der Waals surface area contributed by atoms with Gasteiger partial charge in [0.15, 0.2) is 0 Å². The highest BCUT2D eigenvalue weighted by Crippen LogP contribution is 2.32.